The first-order valence-corrected chi connectivity index (χ1v) is 4.28. The van der Waals surface area contributed by atoms with Gasteiger partial charge in [-0.05, 0) is 27.2 Å². The predicted molar refractivity (Wildman–Crippen MR) is 48.1 cm³/mol. The summed E-state index contributed by atoms with van der Waals surface area (Å²) in [6, 6.07) is 0. The van der Waals surface area contributed by atoms with E-state index >= 15 is 0 Å². The molecule has 3 heteroatoms. The van der Waals surface area contributed by atoms with Crippen molar-refractivity contribution in [2.45, 2.75) is 33.7 Å². The Labute approximate surface area is 73.1 Å². The van der Waals surface area contributed by atoms with Crippen LogP contribution in [0.15, 0.2) is 0 Å². The van der Waals surface area contributed by atoms with E-state index in [9.17, 15) is 0 Å². The fraction of sp³-hybridized carbons (Fsp3) is 0.667. The number of rotatable bonds is 3. The fourth-order valence-electron chi connectivity index (χ4n) is 1.38. The lowest BCUT2D eigenvalue weighted by Crippen LogP contribution is -2.04. The second-order valence-electron chi connectivity index (χ2n) is 3.06. The molecule has 0 fully saturated rings. The molecule has 12 heavy (non-hydrogen) atoms. The molecule has 68 valence electrons. The maximum atomic E-state index is 8.68. The topological polar surface area (TPSA) is 38.0 Å². The molecule has 0 saturated carbocycles. The van der Waals surface area contributed by atoms with Crippen molar-refractivity contribution in [1.29, 1.82) is 0 Å². The maximum absolute atomic E-state index is 8.68. The Bertz CT molecular complexity index is 266. The van der Waals surface area contributed by atoms with Crippen LogP contribution in [0.1, 0.15) is 23.6 Å². The van der Waals surface area contributed by atoms with E-state index < -0.39 is 0 Å². The van der Waals surface area contributed by atoms with Gasteiger partial charge in [-0.2, -0.15) is 0 Å². The molecule has 0 amide bonds. The van der Waals surface area contributed by atoms with Crippen molar-refractivity contribution in [3.05, 3.63) is 17.2 Å². The minimum atomic E-state index is 0.246. The predicted octanol–water partition coefficient (Wildman–Crippen LogP) is 1.19. The highest BCUT2D eigenvalue weighted by Crippen LogP contribution is 2.09. The summed E-state index contributed by atoms with van der Waals surface area (Å²) in [5.74, 6) is 1.04. The molecule has 0 aromatic carbocycles. The first-order chi connectivity index (χ1) is 5.66. The highest BCUT2D eigenvalue weighted by atomic mass is 16.3. The molecule has 1 N–H and O–H groups in total. The molecular formula is C9H16N2O. The van der Waals surface area contributed by atoms with Gasteiger partial charge in [-0.15, -0.1) is 0 Å². The van der Waals surface area contributed by atoms with E-state index in [-0.39, 0.29) is 6.61 Å². The van der Waals surface area contributed by atoms with Gasteiger partial charge in [0, 0.05) is 18.8 Å². The Morgan fingerprint density at radius 3 is 2.42 bits per heavy atom. The molecule has 0 saturated heterocycles. The van der Waals surface area contributed by atoms with Crippen molar-refractivity contribution < 1.29 is 5.11 Å². The average Bonchev–Trinajstić information content (AvgIpc) is 2.25. The first kappa shape index (κ1) is 9.26. The molecule has 0 aliphatic rings. The van der Waals surface area contributed by atoms with E-state index in [2.05, 4.69) is 16.5 Å². The second kappa shape index (κ2) is 3.72. The zero-order valence-corrected chi connectivity index (χ0v) is 7.96. The van der Waals surface area contributed by atoms with Gasteiger partial charge in [0.25, 0.3) is 0 Å². The van der Waals surface area contributed by atoms with Crippen LogP contribution in [0.25, 0.3) is 0 Å². The summed E-state index contributed by atoms with van der Waals surface area (Å²) in [5.41, 5.74) is 2.30. The summed E-state index contributed by atoms with van der Waals surface area (Å²) in [6.45, 7) is 7.19. The summed E-state index contributed by atoms with van der Waals surface area (Å²) in [6.07, 6.45) is 0.803. The number of nitrogens with zero attached hydrogens (tertiary/aromatic N) is 2. The van der Waals surface area contributed by atoms with Crippen molar-refractivity contribution in [2.75, 3.05) is 6.61 Å². The number of imidazole rings is 1. The minimum absolute atomic E-state index is 0.246. The van der Waals surface area contributed by atoms with Crippen molar-refractivity contribution in [3.8, 4) is 0 Å². The second-order valence-corrected chi connectivity index (χ2v) is 3.06. The monoisotopic (exact) mass is 168 g/mol. The van der Waals surface area contributed by atoms with Gasteiger partial charge in [-0.1, -0.05) is 0 Å². The Balaban J connectivity index is 2.82. The van der Waals surface area contributed by atoms with Crippen LogP contribution >= 0.6 is 0 Å². The van der Waals surface area contributed by atoms with Crippen molar-refractivity contribution in [1.82, 2.24) is 9.55 Å². The maximum Gasteiger partial charge on any atom is 0.106 e. The number of aryl methyl sites for hydroxylation is 2. The summed E-state index contributed by atoms with van der Waals surface area (Å²) < 4.78 is 2.14. The summed E-state index contributed by atoms with van der Waals surface area (Å²) in [7, 11) is 0. The molecule has 0 aliphatic carbocycles. The van der Waals surface area contributed by atoms with E-state index in [1.807, 2.05) is 13.8 Å². The Hall–Kier alpha value is -0.830. The van der Waals surface area contributed by atoms with E-state index in [1.54, 1.807) is 0 Å². The molecule has 0 unspecified atom stereocenters. The zero-order chi connectivity index (χ0) is 9.14. The molecule has 0 bridgehead atoms. The Morgan fingerprint density at radius 2 is 2.00 bits per heavy atom. The molecule has 0 aliphatic heterocycles. The molecule has 1 heterocycles. The molecule has 0 spiro atoms. The Kier molecular flexibility index (Phi) is 2.87. The van der Waals surface area contributed by atoms with Crippen LogP contribution in [0.4, 0.5) is 0 Å². The lowest BCUT2D eigenvalue weighted by atomic mass is 10.3. The quantitative estimate of drug-likeness (QED) is 0.736. The van der Waals surface area contributed by atoms with Gasteiger partial charge in [-0.25, -0.2) is 4.98 Å². The normalized spacial score (nSPS) is 10.7. The van der Waals surface area contributed by atoms with Crippen LogP contribution in [0, 0.1) is 20.8 Å². The standard InChI is InChI=1S/C9H16N2O/c1-7-8(2)11(5-4-6-12)9(3)10-7/h12H,4-6H2,1-3H3. The van der Waals surface area contributed by atoms with Crippen molar-refractivity contribution >= 4 is 0 Å². The van der Waals surface area contributed by atoms with Gasteiger partial charge in [0.05, 0.1) is 5.69 Å². The molecule has 1 rings (SSSR count). The van der Waals surface area contributed by atoms with Crippen LogP contribution in [0.5, 0.6) is 0 Å². The third kappa shape index (κ3) is 1.67. The largest absolute Gasteiger partial charge is 0.396 e. The third-order valence-electron chi connectivity index (χ3n) is 2.19. The number of aliphatic hydroxyl groups is 1. The first-order valence-electron chi connectivity index (χ1n) is 4.28. The highest BCUT2D eigenvalue weighted by Gasteiger charge is 2.05. The van der Waals surface area contributed by atoms with Crippen LogP contribution in [0.3, 0.4) is 0 Å². The Morgan fingerprint density at radius 1 is 1.33 bits per heavy atom. The summed E-state index contributed by atoms with van der Waals surface area (Å²) in [5, 5.41) is 8.68. The van der Waals surface area contributed by atoms with Crippen LogP contribution < -0.4 is 0 Å². The van der Waals surface area contributed by atoms with E-state index in [0.717, 1.165) is 24.5 Å². The molecule has 0 radical (unpaired) electrons. The van der Waals surface area contributed by atoms with Crippen LogP contribution in [-0.2, 0) is 6.54 Å². The molecular weight excluding hydrogens is 152 g/mol. The van der Waals surface area contributed by atoms with E-state index in [1.165, 1.54) is 5.69 Å². The number of hydrogen-bond acceptors (Lipinski definition) is 2. The van der Waals surface area contributed by atoms with Crippen LogP contribution in [-0.4, -0.2) is 21.3 Å². The summed E-state index contributed by atoms with van der Waals surface area (Å²) >= 11 is 0. The van der Waals surface area contributed by atoms with Crippen molar-refractivity contribution in [3.63, 3.8) is 0 Å². The lowest BCUT2D eigenvalue weighted by Gasteiger charge is -2.05. The number of hydrogen-bond donors (Lipinski definition) is 1. The fourth-order valence-corrected chi connectivity index (χ4v) is 1.38. The molecule has 0 atom stereocenters. The van der Waals surface area contributed by atoms with Gasteiger partial charge in [0.1, 0.15) is 5.82 Å². The smallest absolute Gasteiger partial charge is 0.106 e. The van der Waals surface area contributed by atoms with Crippen molar-refractivity contribution in [2.24, 2.45) is 0 Å². The third-order valence-corrected chi connectivity index (χ3v) is 2.19. The number of aliphatic hydroxyl groups excluding tert-OH is 1. The van der Waals surface area contributed by atoms with E-state index in [4.69, 9.17) is 5.11 Å². The van der Waals surface area contributed by atoms with Gasteiger partial charge in [0.2, 0.25) is 0 Å². The van der Waals surface area contributed by atoms with Gasteiger partial charge in [-0.3, -0.25) is 0 Å². The molecule has 1 aromatic rings. The molecule has 3 nitrogen and oxygen atoms in total. The highest BCUT2D eigenvalue weighted by molar-refractivity contribution is 5.13. The lowest BCUT2D eigenvalue weighted by molar-refractivity contribution is 0.279. The number of aromatic nitrogens is 2. The zero-order valence-electron chi connectivity index (χ0n) is 7.96. The van der Waals surface area contributed by atoms with Gasteiger partial charge < -0.3 is 9.67 Å². The minimum Gasteiger partial charge on any atom is -0.396 e. The van der Waals surface area contributed by atoms with Crippen LogP contribution in [0.2, 0.25) is 0 Å². The van der Waals surface area contributed by atoms with Gasteiger partial charge >= 0.3 is 0 Å². The average molecular weight is 168 g/mol. The molecule has 1 aromatic heterocycles. The summed E-state index contributed by atoms with van der Waals surface area (Å²) in [4.78, 5) is 4.34. The van der Waals surface area contributed by atoms with E-state index in [0.29, 0.717) is 0 Å². The SMILES string of the molecule is Cc1nc(C)n(CCCO)c1C. The van der Waals surface area contributed by atoms with Gasteiger partial charge in [0.15, 0.2) is 0 Å².